The Morgan fingerprint density at radius 3 is 2.21 bits per heavy atom. The molecule has 1 unspecified atom stereocenters. The molecule has 0 saturated heterocycles. The van der Waals surface area contributed by atoms with E-state index in [0.717, 1.165) is 19.0 Å². The van der Waals surface area contributed by atoms with Crippen LogP contribution in [-0.4, -0.2) is 49.3 Å². The number of hydrogen-bond donors (Lipinski definition) is 2. The smallest absolute Gasteiger partial charge is 0.326 e. The van der Waals surface area contributed by atoms with Crippen LogP contribution in [0.4, 0.5) is 0 Å². The van der Waals surface area contributed by atoms with Crippen molar-refractivity contribution in [1.29, 1.82) is 0 Å². The van der Waals surface area contributed by atoms with Crippen LogP contribution in [0.5, 0.6) is 0 Å². The Bertz CT molecular complexity index is 943. The van der Waals surface area contributed by atoms with Gasteiger partial charge in [0.05, 0.1) is 11.4 Å². The zero-order chi connectivity index (χ0) is 20.9. The van der Waals surface area contributed by atoms with Crippen molar-refractivity contribution in [1.82, 2.24) is 9.62 Å². The number of sulfonamides is 1. The number of halogens is 1. The van der Waals surface area contributed by atoms with Gasteiger partial charge in [-0.2, -0.15) is 4.31 Å². The number of carboxylic acid groups (broad SMARTS) is 1. The topological polar surface area (TPSA) is 104 Å². The van der Waals surface area contributed by atoms with Crippen LogP contribution in [0.15, 0.2) is 53.4 Å². The Kier molecular flexibility index (Phi) is 7.55. The van der Waals surface area contributed by atoms with Crippen molar-refractivity contribution in [2.75, 3.05) is 13.6 Å². The van der Waals surface area contributed by atoms with Crippen molar-refractivity contribution in [3.63, 3.8) is 0 Å². The second-order valence-electron chi connectivity index (χ2n) is 6.36. The van der Waals surface area contributed by atoms with Crippen LogP contribution in [-0.2, 0) is 26.0 Å². The summed E-state index contributed by atoms with van der Waals surface area (Å²) in [4.78, 5) is 23.8. The molecule has 0 heterocycles. The minimum absolute atomic E-state index is 0.0714. The predicted molar refractivity (Wildman–Crippen MR) is 113 cm³/mol. The number of rotatable bonds is 8. The van der Waals surface area contributed by atoms with Crippen molar-refractivity contribution in [3.8, 4) is 0 Å². The zero-order valence-electron chi connectivity index (χ0n) is 15.4. The molecule has 0 bridgehead atoms. The molecule has 28 heavy (non-hydrogen) atoms. The predicted octanol–water partition coefficient (Wildman–Crippen LogP) is 2.03. The number of aryl methyl sites for hydroxylation is 1. The van der Waals surface area contributed by atoms with Crippen LogP contribution in [0.3, 0.4) is 0 Å². The molecule has 2 aromatic carbocycles. The molecule has 9 heteroatoms. The van der Waals surface area contributed by atoms with Gasteiger partial charge in [0.1, 0.15) is 6.04 Å². The van der Waals surface area contributed by atoms with Crippen LogP contribution in [0, 0.1) is 10.5 Å². The number of nitrogens with one attached hydrogen (secondary N) is 1. The third kappa shape index (κ3) is 6.01. The van der Waals surface area contributed by atoms with E-state index in [1.54, 1.807) is 24.3 Å². The standard InChI is InChI=1S/C19H21IN2O5S/c1-13-3-9-16(10-4-13)28(26,27)22(2)12-18(23)21-17(19(24)25)11-14-5-7-15(20)8-6-14/h3-10,17H,11-12H2,1-2H3,(H,21,23)(H,24,25). The number of likely N-dealkylation sites (N-methyl/N-ethyl adjacent to an activating group) is 1. The lowest BCUT2D eigenvalue weighted by atomic mass is 10.1. The fraction of sp³-hybridized carbons (Fsp3) is 0.263. The third-order valence-electron chi connectivity index (χ3n) is 4.08. The van der Waals surface area contributed by atoms with E-state index in [4.69, 9.17) is 0 Å². The number of hydrogen-bond acceptors (Lipinski definition) is 4. The van der Waals surface area contributed by atoms with E-state index in [1.807, 2.05) is 19.1 Å². The van der Waals surface area contributed by atoms with E-state index in [9.17, 15) is 23.1 Å². The highest BCUT2D eigenvalue weighted by Crippen LogP contribution is 2.15. The summed E-state index contributed by atoms with van der Waals surface area (Å²) in [6, 6.07) is 12.4. The molecule has 150 valence electrons. The first-order valence-electron chi connectivity index (χ1n) is 8.39. The molecule has 0 aliphatic rings. The first-order chi connectivity index (χ1) is 13.1. The van der Waals surface area contributed by atoms with Gasteiger partial charge in [-0.05, 0) is 59.3 Å². The van der Waals surface area contributed by atoms with Gasteiger partial charge in [0.25, 0.3) is 0 Å². The lowest BCUT2D eigenvalue weighted by Crippen LogP contribution is -2.46. The van der Waals surface area contributed by atoms with Crippen LogP contribution in [0.2, 0.25) is 0 Å². The van der Waals surface area contributed by atoms with Crippen LogP contribution < -0.4 is 5.32 Å². The molecule has 2 N–H and O–H groups in total. The summed E-state index contributed by atoms with van der Waals surface area (Å²) in [5.74, 6) is -1.87. The van der Waals surface area contributed by atoms with Crippen molar-refractivity contribution < 1.29 is 23.1 Å². The largest absolute Gasteiger partial charge is 0.480 e. The molecule has 0 saturated carbocycles. The summed E-state index contributed by atoms with van der Waals surface area (Å²) in [5, 5.41) is 11.8. The molecule has 2 aromatic rings. The Balaban J connectivity index is 2.04. The number of carbonyl (C=O) groups is 2. The van der Waals surface area contributed by atoms with Crippen molar-refractivity contribution in [3.05, 3.63) is 63.2 Å². The third-order valence-corrected chi connectivity index (χ3v) is 6.62. The molecule has 2 rings (SSSR count). The number of amides is 1. The fourth-order valence-electron chi connectivity index (χ4n) is 2.47. The maximum absolute atomic E-state index is 12.6. The summed E-state index contributed by atoms with van der Waals surface area (Å²) in [6.07, 6.45) is 0.104. The van der Waals surface area contributed by atoms with Gasteiger partial charge in [0, 0.05) is 17.0 Å². The second-order valence-corrected chi connectivity index (χ2v) is 9.65. The summed E-state index contributed by atoms with van der Waals surface area (Å²) < 4.78 is 27.0. The van der Waals surface area contributed by atoms with E-state index < -0.39 is 34.5 Å². The molecule has 0 fully saturated rings. The second kappa shape index (κ2) is 9.48. The summed E-state index contributed by atoms with van der Waals surface area (Å²) in [7, 11) is -2.56. The first kappa shape index (κ1) is 22.3. The minimum Gasteiger partial charge on any atom is -0.480 e. The Hall–Kier alpha value is -1.98. The maximum Gasteiger partial charge on any atom is 0.326 e. The SMILES string of the molecule is Cc1ccc(S(=O)(=O)N(C)CC(=O)NC(Cc2ccc(I)cc2)C(=O)O)cc1. The maximum atomic E-state index is 12.6. The lowest BCUT2D eigenvalue weighted by Gasteiger charge is -2.19. The molecule has 1 atom stereocenters. The van der Waals surface area contributed by atoms with Gasteiger partial charge < -0.3 is 10.4 Å². The van der Waals surface area contributed by atoms with Crippen molar-refractivity contribution >= 4 is 44.5 Å². The summed E-state index contributed by atoms with van der Waals surface area (Å²) >= 11 is 2.14. The molecule has 0 aliphatic carbocycles. The normalized spacial score (nSPS) is 12.6. The highest BCUT2D eigenvalue weighted by atomic mass is 127. The van der Waals surface area contributed by atoms with Crippen molar-refractivity contribution in [2.24, 2.45) is 0 Å². The van der Waals surface area contributed by atoms with Gasteiger partial charge in [0.2, 0.25) is 15.9 Å². The number of carboxylic acids is 1. The summed E-state index contributed by atoms with van der Waals surface area (Å²) in [6.45, 7) is 1.36. The fourth-order valence-corrected chi connectivity index (χ4v) is 3.96. The van der Waals surface area contributed by atoms with E-state index in [2.05, 4.69) is 27.9 Å². The van der Waals surface area contributed by atoms with E-state index in [0.29, 0.717) is 0 Å². The lowest BCUT2D eigenvalue weighted by molar-refractivity contribution is -0.141. The Morgan fingerprint density at radius 1 is 1.11 bits per heavy atom. The van der Waals surface area contributed by atoms with E-state index in [-0.39, 0.29) is 11.3 Å². The monoisotopic (exact) mass is 516 g/mol. The first-order valence-corrected chi connectivity index (χ1v) is 10.9. The van der Waals surface area contributed by atoms with Gasteiger partial charge >= 0.3 is 5.97 Å². The Labute approximate surface area is 177 Å². The molecular weight excluding hydrogens is 495 g/mol. The molecular formula is C19H21IN2O5S. The zero-order valence-corrected chi connectivity index (χ0v) is 18.4. The number of aliphatic carboxylic acids is 1. The molecule has 7 nitrogen and oxygen atoms in total. The highest BCUT2D eigenvalue weighted by Gasteiger charge is 2.26. The van der Waals surface area contributed by atoms with Gasteiger partial charge in [-0.3, -0.25) is 4.79 Å². The van der Waals surface area contributed by atoms with E-state index in [1.165, 1.54) is 19.2 Å². The van der Waals surface area contributed by atoms with Gasteiger partial charge in [0.15, 0.2) is 0 Å². The number of carbonyl (C=O) groups excluding carboxylic acids is 1. The molecule has 0 aromatic heterocycles. The number of nitrogens with zero attached hydrogens (tertiary/aromatic N) is 1. The quantitative estimate of drug-likeness (QED) is 0.523. The number of benzene rings is 2. The van der Waals surface area contributed by atoms with Crippen molar-refractivity contribution in [2.45, 2.75) is 24.3 Å². The minimum atomic E-state index is -3.85. The van der Waals surface area contributed by atoms with E-state index >= 15 is 0 Å². The molecule has 0 aliphatic heterocycles. The molecule has 0 radical (unpaired) electrons. The Morgan fingerprint density at radius 2 is 1.68 bits per heavy atom. The molecule has 0 spiro atoms. The highest BCUT2D eigenvalue weighted by molar-refractivity contribution is 14.1. The summed E-state index contributed by atoms with van der Waals surface area (Å²) in [5.41, 5.74) is 1.67. The van der Waals surface area contributed by atoms with Crippen LogP contribution >= 0.6 is 22.6 Å². The molecule has 1 amide bonds. The average molecular weight is 516 g/mol. The van der Waals surface area contributed by atoms with Gasteiger partial charge in [-0.15, -0.1) is 0 Å². The van der Waals surface area contributed by atoms with Crippen LogP contribution in [0.1, 0.15) is 11.1 Å². The van der Waals surface area contributed by atoms with Gasteiger partial charge in [-0.1, -0.05) is 29.8 Å². The van der Waals surface area contributed by atoms with Gasteiger partial charge in [-0.25, -0.2) is 13.2 Å². The van der Waals surface area contributed by atoms with Crippen LogP contribution in [0.25, 0.3) is 0 Å². The average Bonchev–Trinajstić information content (AvgIpc) is 2.63.